The van der Waals surface area contributed by atoms with Crippen LogP contribution in [-0.2, 0) is 13.0 Å². The Morgan fingerprint density at radius 3 is 2.79 bits per heavy atom. The number of pyridine rings is 1. The van der Waals surface area contributed by atoms with E-state index < -0.39 is 5.76 Å². The van der Waals surface area contributed by atoms with Crippen molar-refractivity contribution < 1.29 is 14.0 Å². The predicted octanol–water partition coefficient (Wildman–Crippen LogP) is 2.23. The summed E-state index contributed by atoms with van der Waals surface area (Å²) >= 11 is 0. The lowest BCUT2D eigenvalue weighted by Crippen LogP contribution is -2.15. The molecule has 2 aliphatic rings. The highest BCUT2D eigenvalue weighted by atomic mass is 16.4. The number of oxazole rings is 1. The first-order valence-corrected chi connectivity index (χ1v) is 7.64. The van der Waals surface area contributed by atoms with E-state index in [1.807, 2.05) is 6.92 Å². The van der Waals surface area contributed by atoms with Crippen molar-refractivity contribution in [2.24, 2.45) is 0 Å². The molecule has 0 aromatic carbocycles. The molecule has 1 aromatic rings. The van der Waals surface area contributed by atoms with Gasteiger partial charge >= 0.3 is 5.76 Å². The third-order valence-electron chi connectivity index (χ3n) is 3.99. The number of fused-ring (bicyclic) bond motifs is 1. The number of nitrogens with zero attached hydrogens (tertiary/aromatic N) is 2. The monoisotopic (exact) mass is 327 g/mol. The third kappa shape index (κ3) is 2.58. The van der Waals surface area contributed by atoms with Crippen molar-refractivity contribution in [2.75, 3.05) is 0 Å². The molecule has 1 N–H and O–H groups in total. The number of aryl methyl sites for hydroxylation is 1. The number of Topliss-reactive ketones (excluding diaryl/α,β-unsaturated/α-hetero) is 2. The van der Waals surface area contributed by atoms with Gasteiger partial charge in [0.1, 0.15) is 0 Å². The largest absolute Gasteiger partial charge is 0.441 e. The number of hydrogen-bond acceptors (Lipinski definition) is 5. The van der Waals surface area contributed by atoms with Gasteiger partial charge in [-0.2, -0.15) is 4.98 Å². The fourth-order valence-electron chi connectivity index (χ4n) is 3.03. The van der Waals surface area contributed by atoms with Crippen molar-refractivity contribution in [3.05, 3.63) is 51.4 Å². The number of hydrogen-bond donors (Lipinski definition) is 1. The van der Waals surface area contributed by atoms with Gasteiger partial charge in [0.2, 0.25) is 0 Å². The molecule has 1 aromatic heterocycles. The van der Waals surface area contributed by atoms with Gasteiger partial charge in [-0.3, -0.25) is 9.59 Å². The first-order valence-electron chi connectivity index (χ1n) is 7.64. The van der Waals surface area contributed by atoms with E-state index >= 15 is 0 Å². The second-order valence-corrected chi connectivity index (χ2v) is 5.62. The van der Waals surface area contributed by atoms with E-state index in [0.29, 0.717) is 35.0 Å². The predicted molar refractivity (Wildman–Crippen MR) is 86.6 cm³/mol. The zero-order valence-electron chi connectivity index (χ0n) is 13.7. The van der Waals surface area contributed by atoms with Crippen molar-refractivity contribution in [1.82, 2.24) is 14.5 Å². The molecule has 0 bridgehead atoms. The smallest absolute Gasteiger partial charge is 0.405 e. The average molecular weight is 327 g/mol. The number of rotatable bonds is 5. The van der Waals surface area contributed by atoms with Gasteiger partial charge < -0.3 is 14.0 Å². The summed E-state index contributed by atoms with van der Waals surface area (Å²) in [7, 11) is 0. The molecule has 0 amide bonds. The highest BCUT2D eigenvalue weighted by Crippen LogP contribution is 2.22. The van der Waals surface area contributed by atoms with E-state index in [9.17, 15) is 14.4 Å². The Morgan fingerprint density at radius 1 is 1.38 bits per heavy atom. The van der Waals surface area contributed by atoms with E-state index in [1.54, 1.807) is 29.8 Å². The summed E-state index contributed by atoms with van der Waals surface area (Å²) in [4.78, 5) is 42.7. The minimum absolute atomic E-state index is 0.00634. The Hall–Kier alpha value is -2.96. The molecule has 2 aliphatic heterocycles. The summed E-state index contributed by atoms with van der Waals surface area (Å²) in [6.45, 7) is 5.17. The molecule has 0 atom stereocenters. The van der Waals surface area contributed by atoms with Gasteiger partial charge in [-0.25, -0.2) is 4.79 Å². The Bertz CT molecular complexity index is 961. The second kappa shape index (κ2) is 5.92. The summed E-state index contributed by atoms with van der Waals surface area (Å²) in [6.07, 6.45) is 2.24. The lowest BCUT2D eigenvalue weighted by molar-refractivity contribution is 0.0966. The second-order valence-electron chi connectivity index (χ2n) is 5.62. The summed E-state index contributed by atoms with van der Waals surface area (Å²) in [5, 5.41) is 0. The Kier molecular flexibility index (Phi) is 3.92. The van der Waals surface area contributed by atoms with Crippen molar-refractivity contribution in [2.45, 2.75) is 33.7 Å². The Labute approximate surface area is 137 Å². The van der Waals surface area contributed by atoms with Gasteiger partial charge in [0, 0.05) is 17.5 Å². The molecular weight excluding hydrogens is 310 g/mol. The van der Waals surface area contributed by atoms with Crippen LogP contribution in [0.4, 0.5) is 0 Å². The van der Waals surface area contributed by atoms with Crippen LogP contribution in [0.25, 0.3) is 11.6 Å². The van der Waals surface area contributed by atoms with E-state index in [0.717, 1.165) is 5.56 Å². The fourth-order valence-corrected chi connectivity index (χ4v) is 3.03. The minimum Gasteiger partial charge on any atom is -0.405 e. The molecule has 0 fully saturated rings. The van der Waals surface area contributed by atoms with Crippen LogP contribution in [0.3, 0.4) is 0 Å². The Balaban J connectivity index is 2.00. The summed E-state index contributed by atoms with van der Waals surface area (Å²) < 4.78 is 6.51. The molecule has 7 heteroatoms. The highest BCUT2D eigenvalue weighted by Gasteiger charge is 2.23. The van der Waals surface area contributed by atoms with Gasteiger partial charge in [-0.15, -0.1) is 0 Å². The molecular formula is C17H17N3O4. The fraction of sp³-hybridized carbons (Fsp3) is 0.294. The maximum absolute atomic E-state index is 12.7. The van der Waals surface area contributed by atoms with Gasteiger partial charge in [0.05, 0.1) is 12.2 Å². The maximum atomic E-state index is 12.7. The van der Waals surface area contributed by atoms with Crippen LogP contribution in [-0.4, -0.2) is 26.1 Å². The maximum Gasteiger partial charge on any atom is 0.441 e. The molecule has 3 heterocycles. The van der Waals surface area contributed by atoms with Crippen LogP contribution < -0.4 is 5.76 Å². The van der Waals surface area contributed by atoms with Gasteiger partial charge in [-0.1, -0.05) is 6.92 Å². The van der Waals surface area contributed by atoms with E-state index in [4.69, 9.17) is 4.42 Å². The Morgan fingerprint density at radius 2 is 2.12 bits per heavy atom. The zero-order valence-corrected chi connectivity index (χ0v) is 13.7. The average Bonchev–Trinajstić information content (AvgIpc) is 3.06. The summed E-state index contributed by atoms with van der Waals surface area (Å²) in [5.41, 5.74) is 2.42. The summed E-state index contributed by atoms with van der Waals surface area (Å²) in [6, 6.07) is 3.30. The molecule has 124 valence electrons. The number of carbonyl (C=O) groups excluding carboxylic acids is 2. The van der Waals surface area contributed by atoms with Crippen LogP contribution in [0.2, 0.25) is 0 Å². The normalized spacial score (nSPS) is 11.1. The van der Waals surface area contributed by atoms with Crippen molar-refractivity contribution in [3.8, 4) is 11.6 Å². The van der Waals surface area contributed by atoms with Crippen molar-refractivity contribution in [1.29, 1.82) is 0 Å². The van der Waals surface area contributed by atoms with Crippen LogP contribution in [0.1, 0.15) is 46.0 Å². The van der Waals surface area contributed by atoms with Crippen LogP contribution >= 0.6 is 0 Å². The quantitative estimate of drug-likeness (QED) is 0.725. The van der Waals surface area contributed by atoms with Crippen molar-refractivity contribution >= 4 is 11.6 Å². The first kappa shape index (κ1) is 15.9. The van der Waals surface area contributed by atoms with Crippen molar-refractivity contribution in [3.63, 3.8) is 0 Å². The molecule has 0 saturated heterocycles. The lowest BCUT2D eigenvalue weighted by Gasteiger charge is -2.09. The summed E-state index contributed by atoms with van der Waals surface area (Å²) in [5.74, 6) is -0.291. The molecule has 7 nitrogen and oxygen atoms in total. The molecule has 0 radical (unpaired) electrons. The number of aromatic amines is 1. The van der Waals surface area contributed by atoms with E-state index in [1.165, 1.54) is 6.92 Å². The minimum atomic E-state index is -0.693. The topological polar surface area (TPSA) is 98.0 Å². The van der Waals surface area contributed by atoms with Gasteiger partial charge in [0.25, 0.3) is 0 Å². The van der Waals surface area contributed by atoms with E-state index in [2.05, 4.69) is 9.97 Å². The van der Waals surface area contributed by atoms with Crippen LogP contribution in [0, 0.1) is 6.92 Å². The molecule has 0 aliphatic carbocycles. The molecule has 24 heavy (non-hydrogen) atoms. The lowest BCUT2D eigenvalue weighted by atomic mass is 10.0. The molecule has 3 rings (SSSR count). The standard InChI is InChI=1S/C17H17N3O4/c1-4-11-14(10(3)21)9(2)18-15(11)12(22)8-20-7-5-6-13-16(20)19-17(23)24-13/h5-7,18H,4,8H2,1-3H3. The number of H-pyrrole nitrogens is 1. The number of carbonyl (C=O) groups is 2. The number of aromatic nitrogens is 3. The molecule has 0 saturated carbocycles. The molecule has 0 spiro atoms. The highest BCUT2D eigenvalue weighted by molar-refractivity contribution is 6.03. The third-order valence-corrected chi connectivity index (χ3v) is 3.99. The SMILES string of the molecule is CCc1c(C(=O)Cn2cccc3oc(=O)nc2-3)[nH]c(C)c1C(C)=O. The van der Waals surface area contributed by atoms with Crippen LogP contribution in [0.5, 0.6) is 0 Å². The number of ketones is 2. The first-order chi connectivity index (χ1) is 11.4. The van der Waals surface area contributed by atoms with Crippen LogP contribution in [0.15, 0.2) is 27.5 Å². The molecule has 0 unspecified atom stereocenters. The van der Waals surface area contributed by atoms with Gasteiger partial charge in [0.15, 0.2) is 23.2 Å². The zero-order chi connectivity index (χ0) is 17.4. The number of nitrogens with one attached hydrogen (secondary N) is 1. The van der Waals surface area contributed by atoms with Gasteiger partial charge in [-0.05, 0) is 38.0 Å². The van der Waals surface area contributed by atoms with E-state index in [-0.39, 0.29) is 18.1 Å².